The lowest BCUT2D eigenvalue weighted by atomic mass is 9.94. The highest BCUT2D eigenvalue weighted by molar-refractivity contribution is 6.05. The molecule has 2 aromatic rings. The van der Waals surface area contributed by atoms with Crippen LogP contribution in [0.2, 0.25) is 0 Å². The Kier molecular flexibility index (Phi) is 3.99. The lowest BCUT2D eigenvalue weighted by Gasteiger charge is -2.14. The molecule has 2 heterocycles. The van der Waals surface area contributed by atoms with E-state index < -0.39 is 6.10 Å². The molecule has 1 aromatic carbocycles. The summed E-state index contributed by atoms with van der Waals surface area (Å²) in [6, 6.07) is 8.01. The van der Waals surface area contributed by atoms with Gasteiger partial charge in [-0.15, -0.1) is 0 Å². The minimum absolute atomic E-state index is 0.214. The quantitative estimate of drug-likeness (QED) is 0.876. The summed E-state index contributed by atoms with van der Waals surface area (Å²) in [5.41, 5.74) is 3.35. The molecule has 0 bridgehead atoms. The van der Waals surface area contributed by atoms with Gasteiger partial charge in [0.05, 0.1) is 29.6 Å². The van der Waals surface area contributed by atoms with Crippen molar-refractivity contribution < 1.29 is 14.0 Å². The molecule has 1 aromatic heterocycles. The first-order valence-electron chi connectivity index (χ1n) is 8.43. The van der Waals surface area contributed by atoms with Crippen LogP contribution in [0.15, 0.2) is 35.5 Å². The largest absolute Gasteiger partial charge is 0.381 e. The van der Waals surface area contributed by atoms with Crippen LogP contribution in [0.3, 0.4) is 0 Å². The van der Waals surface area contributed by atoms with Crippen LogP contribution in [-0.2, 0) is 16.2 Å². The molecule has 25 heavy (non-hydrogen) atoms. The second-order valence-electron chi connectivity index (χ2n) is 6.61. The highest BCUT2D eigenvalue weighted by atomic mass is 19.1. The number of aromatic nitrogens is 2. The molecular formula is C18H19FN4O2. The number of halogens is 1. The van der Waals surface area contributed by atoms with Crippen LogP contribution >= 0.6 is 0 Å². The number of nitrogens with one attached hydrogen (secondary N) is 2. The molecule has 2 aliphatic rings. The normalized spacial score (nSPS) is 22.4. The zero-order valence-corrected chi connectivity index (χ0v) is 13.8. The Balaban J connectivity index is 1.35. The summed E-state index contributed by atoms with van der Waals surface area (Å²) in [4.78, 5) is 17.7. The molecule has 0 radical (unpaired) electrons. The second kappa shape index (κ2) is 6.31. The summed E-state index contributed by atoms with van der Waals surface area (Å²) >= 11 is 0. The molecule has 1 saturated carbocycles. The summed E-state index contributed by atoms with van der Waals surface area (Å²) in [7, 11) is 0. The van der Waals surface area contributed by atoms with Crippen molar-refractivity contribution in [3.05, 3.63) is 53.1 Å². The SMILES string of the molecule is C[C@@H]1C(c2ccc(F)cc2)=NO[C@@H]1C(=O)NCc1cc(C2CC2)n[nH]1. The zero-order chi connectivity index (χ0) is 17.4. The summed E-state index contributed by atoms with van der Waals surface area (Å²) in [6.45, 7) is 2.25. The fourth-order valence-corrected chi connectivity index (χ4v) is 2.98. The van der Waals surface area contributed by atoms with Gasteiger partial charge in [0, 0.05) is 5.92 Å². The highest BCUT2D eigenvalue weighted by Gasteiger charge is 2.36. The Bertz CT molecular complexity index is 811. The number of oxime groups is 1. The van der Waals surface area contributed by atoms with Crippen molar-refractivity contribution in [3.8, 4) is 0 Å². The first-order valence-corrected chi connectivity index (χ1v) is 8.43. The lowest BCUT2D eigenvalue weighted by molar-refractivity contribution is -0.133. The van der Waals surface area contributed by atoms with Gasteiger partial charge in [-0.25, -0.2) is 4.39 Å². The number of hydrogen-bond donors (Lipinski definition) is 2. The molecule has 1 aliphatic carbocycles. The number of rotatable bonds is 5. The average Bonchev–Trinajstić information content (AvgIpc) is 3.23. The maximum atomic E-state index is 13.0. The molecule has 2 atom stereocenters. The maximum absolute atomic E-state index is 13.0. The van der Waals surface area contributed by atoms with Crippen LogP contribution in [0.1, 0.15) is 42.6 Å². The fraction of sp³-hybridized carbons (Fsp3) is 0.389. The monoisotopic (exact) mass is 342 g/mol. The summed E-state index contributed by atoms with van der Waals surface area (Å²) < 4.78 is 13.0. The molecular weight excluding hydrogens is 323 g/mol. The van der Waals surface area contributed by atoms with Crippen molar-refractivity contribution in [1.82, 2.24) is 15.5 Å². The van der Waals surface area contributed by atoms with E-state index in [9.17, 15) is 9.18 Å². The molecule has 0 saturated heterocycles. The van der Waals surface area contributed by atoms with Gasteiger partial charge in [-0.1, -0.05) is 24.2 Å². The topological polar surface area (TPSA) is 79.4 Å². The number of nitrogens with zero attached hydrogens (tertiary/aromatic N) is 2. The van der Waals surface area contributed by atoms with Crippen LogP contribution in [-0.4, -0.2) is 27.9 Å². The number of hydrogen-bond acceptors (Lipinski definition) is 4. The van der Waals surface area contributed by atoms with Crippen molar-refractivity contribution in [2.75, 3.05) is 0 Å². The van der Waals surface area contributed by atoms with Crippen LogP contribution < -0.4 is 5.32 Å². The number of H-pyrrole nitrogens is 1. The van der Waals surface area contributed by atoms with Crippen molar-refractivity contribution in [2.45, 2.75) is 38.3 Å². The van der Waals surface area contributed by atoms with Crippen LogP contribution in [0.5, 0.6) is 0 Å². The molecule has 1 aliphatic heterocycles. The second-order valence-corrected chi connectivity index (χ2v) is 6.61. The zero-order valence-electron chi connectivity index (χ0n) is 13.8. The Hall–Kier alpha value is -2.70. The minimum Gasteiger partial charge on any atom is -0.381 e. The third-order valence-corrected chi connectivity index (χ3v) is 4.65. The van der Waals surface area contributed by atoms with E-state index >= 15 is 0 Å². The molecule has 7 heteroatoms. The Morgan fingerprint density at radius 3 is 2.84 bits per heavy atom. The van der Waals surface area contributed by atoms with E-state index in [1.807, 2.05) is 13.0 Å². The molecule has 1 fully saturated rings. The van der Waals surface area contributed by atoms with E-state index in [2.05, 4.69) is 20.7 Å². The van der Waals surface area contributed by atoms with Gasteiger partial charge in [-0.05, 0) is 36.6 Å². The average molecular weight is 342 g/mol. The summed E-state index contributed by atoms with van der Waals surface area (Å²) in [5, 5.41) is 14.1. The maximum Gasteiger partial charge on any atom is 0.264 e. The van der Waals surface area contributed by atoms with Crippen LogP contribution in [0.4, 0.5) is 4.39 Å². The predicted molar refractivity (Wildman–Crippen MR) is 89.4 cm³/mol. The van der Waals surface area contributed by atoms with Crippen molar-refractivity contribution in [2.24, 2.45) is 11.1 Å². The van der Waals surface area contributed by atoms with Gasteiger partial charge >= 0.3 is 0 Å². The van der Waals surface area contributed by atoms with Gasteiger partial charge < -0.3 is 10.2 Å². The number of carbonyl (C=O) groups is 1. The highest BCUT2D eigenvalue weighted by Crippen LogP contribution is 2.38. The molecule has 0 unspecified atom stereocenters. The predicted octanol–water partition coefficient (Wildman–Crippen LogP) is 2.48. The standard InChI is InChI=1S/C18H19FN4O2/c1-10-16(12-4-6-13(19)7-5-12)23-25-17(10)18(24)20-9-14-8-15(22-21-14)11-2-3-11/h4-8,10-11,17H,2-3,9H2,1H3,(H,20,24)(H,21,22)/t10-,17+/m1/s1. The number of carbonyl (C=O) groups excluding carboxylic acids is 1. The molecule has 0 spiro atoms. The minimum atomic E-state index is -0.689. The van der Waals surface area contributed by atoms with Gasteiger partial charge in [0.1, 0.15) is 5.82 Å². The molecule has 130 valence electrons. The van der Waals surface area contributed by atoms with Crippen molar-refractivity contribution in [1.29, 1.82) is 0 Å². The number of amides is 1. The van der Waals surface area contributed by atoms with Crippen LogP contribution in [0.25, 0.3) is 0 Å². The van der Waals surface area contributed by atoms with Gasteiger partial charge in [-0.2, -0.15) is 5.10 Å². The van der Waals surface area contributed by atoms with Gasteiger partial charge in [0.25, 0.3) is 5.91 Å². The Labute approximate surface area is 144 Å². The summed E-state index contributed by atoms with van der Waals surface area (Å²) in [5.74, 6) is -0.175. The first-order chi connectivity index (χ1) is 12.1. The van der Waals surface area contributed by atoms with E-state index in [4.69, 9.17) is 4.84 Å². The molecule has 6 nitrogen and oxygen atoms in total. The fourth-order valence-electron chi connectivity index (χ4n) is 2.98. The van der Waals surface area contributed by atoms with Crippen molar-refractivity contribution >= 4 is 11.6 Å². The molecule has 4 rings (SSSR count). The van der Waals surface area contributed by atoms with E-state index in [0.717, 1.165) is 17.0 Å². The first kappa shape index (κ1) is 15.8. The number of aromatic amines is 1. The van der Waals surface area contributed by atoms with Gasteiger partial charge in [0.2, 0.25) is 6.10 Å². The van der Waals surface area contributed by atoms with Gasteiger partial charge in [0.15, 0.2) is 0 Å². The van der Waals surface area contributed by atoms with Crippen LogP contribution in [0, 0.1) is 11.7 Å². The molecule has 2 N–H and O–H groups in total. The third kappa shape index (κ3) is 3.26. The van der Waals surface area contributed by atoms with Crippen molar-refractivity contribution in [3.63, 3.8) is 0 Å². The van der Waals surface area contributed by atoms with E-state index in [1.54, 1.807) is 12.1 Å². The Morgan fingerprint density at radius 2 is 2.12 bits per heavy atom. The van der Waals surface area contributed by atoms with E-state index in [0.29, 0.717) is 18.2 Å². The van der Waals surface area contributed by atoms with Gasteiger partial charge in [-0.3, -0.25) is 9.89 Å². The van der Waals surface area contributed by atoms with E-state index in [1.165, 1.54) is 25.0 Å². The smallest absolute Gasteiger partial charge is 0.264 e. The molecule has 1 amide bonds. The summed E-state index contributed by atoms with van der Waals surface area (Å²) in [6.07, 6.45) is 1.69. The Morgan fingerprint density at radius 1 is 1.36 bits per heavy atom. The lowest BCUT2D eigenvalue weighted by Crippen LogP contribution is -2.39. The third-order valence-electron chi connectivity index (χ3n) is 4.65. The van der Waals surface area contributed by atoms with E-state index in [-0.39, 0.29) is 17.6 Å². The number of benzene rings is 1.